The third-order valence-electron chi connectivity index (χ3n) is 9.91. The van der Waals surface area contributed by atoms with E-state index in [2.05, 4.69) is 108 Å². The molecule has 2 amide bonds. The van der Waals surface area contributed by atoms with Crippen LogP contribution >= 0.6 is 11.8 Å². The molecule has 248 valence electrons. The van der Waals surface area contributed by atoms with Crippen molar-refractivity contribution in [2.24, 2.45) is 0 Å². The average Bonchev–Trinajstić information content (AvgIpc) is 3.49. The van der Waals surface area contributed by atoms with E-state index in [0.717, 1.165) is 53.5 Å². The number of rotatable bonds is 11. The second-order valence-corrected chi connectivity index (χ2v) is 14.2. The molecule has 2 aliphatic rings. The van der Waals surface area contributed by atoms with Gasteiger partial charge in [0, 0.05) is 17.7 Å². The SMILES string of the molecule is O=C(N[C@@H](CSC(c1ccccc1)(c1ccccc1)c1ccccc1)C(=O)NC1CCCCC1)OCC1c2ccccc2-c2ccccc21. The number of thioether (sulfide) groups is 1. The highest BCUT2D eigenvalue weighted by atomic mass is 32.2. The molecular formula is C43H42N2O3S. The summed E-state index contributed by atoms with van der Waals surface area (Å²) in [6, 6.07) is 47.1. The molecule has 0 aliphatic heterocycles. The highest BCUT2D eigenvalue weighted by Crippen LogP contribution is 2.49. The van der Waals surface area contributed by atoms with Crippen LogP contribution in [0.15, 0.2) is 140 Å². The Morgan fingerprint density at radius 3 is 1.63 bits per heavy atom. The molecule has 0 saturated heterocycles. The molecule has 6 heteroatoms. The number of carbonyl (C=O) groups excluding carboxylic acids is 2. The summed E-state index contributed by atoms with van der Waals surface area (Å²) in [7, 11) is 0. The molecule has 2 aliphatic carbocycles. The second-order valence-electron chi connectivity index (χ2n) is 13.0. The van der Waals surface area contributed by atoms with Crippen molar-refractivity contribution in [3.63, 3.8) is 0 Å². The minimum Gasteiger partial charge on any atom is -0.449 e. The smallest absolute Gasteiger partial charge is 0.407 e. The standard InChI is InChI=1S/C43H42N2O3S/c46-41(44-34-23-11-4-12-24-34)40(45-42(47)48-29-39-37-27-15-13-25-35(37)36-26-14-16-28-38(36)39)30-49-43(31-17-5-1-6-18-31,32-19-7-2-8-20-32)33-21-9-3-10-22-33/h1-3,5-10,13-22,25-28,34,39-40H,4,11-12,23-24,29-30H2,(H,44,46)(H,45,47)/t40-/m0/s1. The van der Waals surface area contributed by atoms with Gasteiger partial charge >= 0.3 is 6.09 Å². The van der Waals surface area contributed by atoms with E-state index in [4.69, 9.17) is 4.74 Å². The van der Waals surface area contributed by atoms with Gasteiger partial charge in [0.05, 0.1) is 4.75 Å². The van der Waals surface area contributed by atoms with E-state index in [9.17, 15) is 9.59 Å². The Kier molecular flexibility index (Phi) is 10.1. The molecule has 0 heterocycles. The molecule has 0 radical (unpaired) electrons. The molecule has 1 saturated carbocycles. The topological polar surface area (TPSA) is 67.4 Å². The summed E-state index contributed by atoms with van der Waals surface area (Å²) in [5.41, 5.74) is 7.95. The van der Waals surface area contributed by atoms with Gasteiger partial charge in [0.25, 0.3) is 0 Å². The van der Waals surface area contributed by atoms with Crippen LogP contribution in [-0.2, 0) is 14.3 Å². The van der Waals surface area contributed by atoms with E-state index in [1.54, 1.807) is 11.8 Å². The first-order valence-corrected chi connectivity index (χ1v) is 18.3. The predicted molar refractivity (Wildman–Crippen MR) is 199 cm³/mol. The molecule has 5 nitrogen and oxygen atoms in total. The number of hydrogen-bond donors (Lipinski definition) is 2. The van der Waals surface area contributed by atoms with Crippen LogP contribution in [-0.4, -0.2) is 36.4 Å². The summed E-state index contributed by atoms with van der Waals surface area (Å²) >= 11 is 1.66. The molecular weight excluding hydrogens is 625 g/mol. The van der Waals surface area contributed by atoms with Gasteiger partial charge in [0.2, 0.25) is 5.91 Å². The van der Waals surface area contributed by atoms with Crippen molar-refractivity contribution in [2.45, 2.75) is 54.9 Å². The van der Waals surface area contributed by atoms with Gasteiger partial charge < -0.3 is 15.4 Å². The van der Waals surface area contributed by atoms with Gasteiger partial charge in [-0.25, -0.2) is 4.79 Å². The van der Waals surface area contributed by atoms with E-state index in [1.807, 2.05) is 42.5 Å². The number of nitrogens with one attached hydrogen (secondary N) is 2. The number of ether oxygens (including phenoxy) is 1. The minimum atomic E-state index is -0.807. The second kappa shape index (κ2) is 15.2. The van der Waals surface area contributed by atoms with Gasteiger partial charge in [-0.3, -0.25) is 4.79 Å². The van der Waals surface area contributed by atoms with Crippen LogP contribution in [0.2, 0.25) is 0 Å². The molecule has 1 fully saturated rings. The summed E-state index contributed by atoms with van der Waals surface area (Å²) in [6.45, 7) is 0.186. The Bertz CT molecular complexity index is 1720. The lowest BCUT2D eigenvalue weighted by atomic mass is 9.84. The Balaban J connectivity index is 1.16. The average molecular weight is 667 g/mol. The predicted octanol–water partition coefficient (Wildman–Crippen LogP) is 9.07. The van der Waals surface area contributed by atoms with Gasteiger partial charge in [0.1, 0.15) is 12.6 Å². The van der Waals surface area contributed by atoms with Gasteiger partial charge in [-0.05, 0) is 51.8 Å². The van der Waals surface area contributed by atoms with Gasteiger partial charge in [0.15, 0.2) is 0 Å². The largest absolute Gasteiger partial charge is 0.449 e. The maximum Gasteiger partial charge on any atom is 0.407 e. The van der Waals surface area contributed by atoms with Crippen LogP contribution in [0.25, 0.3) is 11.1 Å². The maximum absolute atomic E-state index is 14.1. The van der Waals surface area contributed by atoms with Crippen molar-refractivity contribution in [2.75, 3.05) is 12.4 Å². The summed E-state index contributed by atoms with van der Waals surface area (Å²) in [5.74, 6) is 0.0986. The molecule has 7 rings (SSSR count). The van der Waals surface area contributed by atoms with E-state index in [-0.39, 0.29) is 24.5 Å². The van der Waals surface area contributed by atoms with Gasteiger partial charge in [-0.1, -0.05) is 159 Å². The molecule has 49 heavy (non-hydrogen) atoms. The quantitative estimate of drug-likeness (QED) is 0.138. The van der Waals surface area contributed by atoms with Crippen molar-refractivity contribution in [3.05, 3.63) is 167 Å². The first-order chi connectivity index (χ1) is 24.1. The Morgan fingerprint density at radius 2 is 1.12 bits per heavy atom. The number of amides is 2. The monoisotopic (exact) mass is 666 g/mol. The molecule has 0 unspecified atom stereocenters. The summed E-state index contributed by atoms with van der Waals surface area (Å²) < 4.78 is 5.33. The lowest BCUT2D eigenvalue weighted by Crippen LogP contribution is -2.52. The van der Waals surface area contributed by atoms with E-state index >= 15 is 0 Å². The van der Waals surface area contributed by atoms with Crippen LogP contribution < -0.4 is 10.6 Å². The van der Waals surface area contributed by atoms with E-state index in [0.29, 0.717) is 5.75 Å². The zero-order valence-corrected chi connectivity index (χ0v) is 28.4. The summed E-state index contributed by atoms with van der Waals surface area (Å²) in [5, 5.41) is 6.29. The fourth-order valence-corrected chi connectivity index (χ4v) is 9.05. The zero-order valence-electron chi connectivity index (χ0n) is 27.6. The number of alkyl carbamates (subject to hydrolysis) is 1. The molecule has 2 N–H and O–H groups in total. The van der Waals surface area contributed by atoms with Crippen molar-refractivity contribution in [3.8, 4) is 11.1 Å². The number of benzene rings is 5. The molecule has 5 aromatic rings. The lowest BCUT2D eigenvalue weighted by molar-refractivity contribution is -0.123. The van der Waals surface area contributed by atoms with Gasteiger partial charge in [-0.2, -0.15) is 0 Å². The van der Waals surface area contributed by atoms with Crippen LogP contribution in [0.5, 0.6) is 0 Å². The van der Waals surface area contributed by atoms with Crippen LogP contribution in [0.4, 0.5) is 4.79 Å². The molecule has 1 atom stereocenters. The maximum atomic E-state index is 14.1. The van der Waals surface area contributed by atoms with Crippen LogP contribution in [0.1, 0.15) is 65.8 Å². The van der Waals surface area contributed by atoms with Gasteiger partial charge in [-0.15, -0.1) is 11.8 Å². The number of fused-ring (bicyclic) bond motifs is 3. The van der Waals surface area contributed by atoms with E-state index < -0.39 is 16.9 Å². The first-order valence-electron chi connectivity index (χ1n) is 17.4. The van der Waals surface area contributed by atoms with Crippen molar-refractivity contribution >= 4 is 23.8 Å². The molecule has 0 spiro atoms. The fourth-order valence-electron chi connectivity index (χ4n) is 7.49. The Hall–Kier alpha value is -4.81. The third-order valence-corrected chi connectivity index (χ3v) is 11.6. The Morgan fingerprint density at radius 1 is 0.653 bits per heavy atom. The Labute approximate surface area is 293 Å². The summed E-state index contributed by atoms with van der Waals surface area (Å²) in [6.07, 6.45) is 4.72. The van der Waals surface area contributed by atoms with Crippen molar-refractivity contribution in [1.29, 1.82) is 0 Å². The summed E-state index contributed by atoms with van der Waals surface area (Å²) in [4.78, 5) is 27.7. The zero-order chi connectivity index (χ0) is 33.5. The highest BCUT2D eigenvalue weighted by molar-refractivity contribution is 8.00. The van der Waals surface area contributed by atoms with Crippen molar-refractivity contribution in [1.82, 2.24) is 10.6 Å². The van der Waals surface area contributed by atoms with E-state index in [1.165, 1.54) is 17.5 Å². The molecule has 0 bridgehead atoms. The minimum absolute atomic E-state index is 0.0658. The van der Waals surface area contributed by atoms with Crippen molar-refractivity contribution < 1.29 is 14.3 Å². The number of carbonyl (C=O) groups is 2. The molecule has 5 aromatic carbocycles. The lowest BCUT2D eigenvalue weighted by Gasteiger charge is -2.36. The fraction of sp³-hybridized carbons (Fsp3) is 0.256. The third kappa shape index (κ3) is 7.02. The number of hydrogen-bond acceptors (Lipinski definition) is 4. The normalized spacial score (nSPS) is 15.1. The molecule has 0 aromatic heterocycles. The van der Waals surface area contributed by atoms with Crippen LogP contribution in [0.3, 0.4) is 0 Å². The highest BCUT2D eigenvalue weighted by Gasteiger charge is 2.39. The van der Waals surface area contributed by atoms with Crippen LogP contribution in [0, 0.1) is 0 Å². The first kappa shape index (κ1) is 32.7.